The van der Waals surface area contributed by atoms with E-state index in [0.29, 0.717) is 12.0 Å². The smallest absolute Gasteiger partial charge is 0.302 e. The summed E-state index contributed by atoms with van der Waals surface area (Å²) in [6.07, 6.45) is 0.343. The maximum atomic E-state index is 11.5. The Kier molecular flexibility index (Phi) is 4.36. The summed E-state index contributed by atoms with van der Waals surface area (Å²) in [4.78, 5) is 25.0. The van der Waals surface area contributed by atoms with E-state index in [9.17, 15) is 14.7 Å². The molecule has 0 amide bonds. The number of carbonyl (C=O) groups excluding carboxylic acids is 1. The van der Waals surface area contributed by atoms with Gasteiger partial charge >= 0.3 is 5.97 Å². The monoisotopic (exact) mass is 300 g/mol. The minimum atomic E-state index is -0.599. The number of aliphatic hydroxyl groups excluding tert-OH is 1. The van der Waals surface area contributed by atoms with E-state index >= 15 is 0 Å². The van der Waals surface area contributed by atoms with Gasteiger partial charge in [0.15, 0.2) is 4.77 Å². The number of aromatic amines is 1. The van der Waals surface area contributed by atoms with Gasteiger partial charge in [-0.3, -0.25) is 19.1 Å². The Hall–Kier alpha value is -1.51. The van der Waals surface area contributed by atoms with Crippen LogP contribution in [0.25, 0.3) is 0 Å². The van der Waals surface area contributed by atoms with Crippen LogP contribution in [0, 0.1) is 11.7 Å². The number of ether oxygens (including phenoxy) is 2. The number of esters is 1. The second kappa shape index (κ2) is 5.86. The third kappa shape index (κ3) is 2.97. The van der Waals surface area contributed by atoms with E-state index in [2.05, 4.69) is 4.98 Å². The molecular formula is C12H16N2O5S. The van der Waals surface area contributed by atoms with Gasteiger partial charge in [0.05, 0.1) is 6.61 Å². The van der Waals surface area contributed by atoms with Crippen LogP contribution >= 0.6 is 12.2 Å². The molecule has 1 fully saturated rings. The van der Waals surface area contributed by atoms with E-state index in [1.54, 1.807) is 17.7 Å². The van der Waals surface area contributed by atoms with Gasteiger partial charge < -0.3 is 14.6 Å². The standard InChI is InChI=1S/C12H16N2O5S/c1-6-4-14(12(20)13-11(6)17)10-3-8(18-7(2)16)9(5-15)19-10/h4,8-10,15H,3,5H2,1-2H3,(H,13,17,20)/t8-,9+,10+/m0/s1. The Morgan fingerprint density at radius 3 is 3.00 bits per heavy atom. The number of aromatic nitrogens is 2. The van der Waals surface area contributed by atoms with E-state index in [-0.39, 0.29) is 16.9 Å². The molecule has 1 saturated heterocycles. The fraction of sp³-hybridized carbons (Fsp3) is 0.583. The average molecular weight is 300 g/mol. The highest BCUT2D eigenvalue weighted by atomic mass is 32.1. The first kappa shape index (κ1) is 14.9. The van der Waals surface area contributed by atoms with Gasteiger partial charge in [-0.05, 0) is 19.1 Å². The van der Waals surface area contributed by atoms with Crippen LogP contribution in [0.15, 0.2) is 11.0 Å². The molecule has 20 heavy (non-hydrogen) atoms. The lowest BCUT2D eigenvalue weighted by molar-refractivity contribution is -0.150. The number of nitrogens with one attached hydrogen (secondary N) is 1. The third-order valence-electron chi connectivity index (χ3n) is 3.13. The van der Waals surface area contributed by atoms with Gasteiger partial charge in [0, 0.05) is 25.1 Å². The molecule has 1 aliphatic rings. The van der Waals surface area contributed by atoms with Crippen molar-refractivity contribution in [2.75, 3.05) is 6.61 Å². The number of carbonyl (C=O) groups is 1. The summed E-state index contributed by atoms with van der Waals surface area (Å²) in [5.74, 6) is -0.432. The van der Waals surface area contributed by atoms with Crippen molar-refractivity contribution in [2.45, 2.75) is 38.7 Å². The van der Waals surface area contributed by atoms with Crippen molar-refractivity contribution in [1.82, 2.24) is 9.55 Å². The van der Waals surface area contributed by atoms with Gasteiger partial charge in [-0.15, -0.1) is 0 Å². The van der Waals surface area contributed by atoms with E-state index in [4.69, 9.17) is 21.7 Å². The molecule has 110 valence electrons. The van der Waals surface area contributed by atoms with Crippen LogP contribution in [-0.2, 0) is 14.3 Å². The molecule has 0 bridgehead atoms. The summed E-state index contributed by atoms with van der Waals surface area (Å²) in [5, 5.41) is 9.27. The highest BCUT2D eigenvalue weighted by Crippen LogP contribution is 2.30. The number of aryl methyl sites for hydroxylation is 1. The Balaban J connectivity index is 2.27. The van der Waals surface area contributed by atoms with E-state index in [1.165, 1.54) is 6.92 Å². The molecule has 2 rings (SSSR count). The molecule has 2 N–H and O–H groups in total. The van der Waals surface area contributed by atoms with Gasteiger partial charge in [0.1, 0.15) is 18.4 Å². The lowest BCUT2D eigenvalue weighted by atomic mass is 10.2. The van der Waals surface area contributed by atoms with Gasteiger partial charge in [0.2, 0.25) is 0 Å². The highest BCUT2D eigenvalue weighted by Gasteiger charge is 2.38. The molecule has 7 nitrogen and oxygen atoms in total. The quantitative estimate of drug-likeness (QED) is 0.621. The van der Waals surface area contributed by atoms with Gasteiger partial charge in [-0.1, -0.05) is 0 Å². The van der Waals surface area contributed by atoms with Crippen molar-refractivity contribution in [3.05, 3.63) is 26.9 Å². The Morgan fingerprint density at radius 2 is 2.40 bits per heavy atom. The van der Waals surface area contributed by atoms with Crippen LogP contribution < -0.4 is 5.56 Å². The SMILES string of the molecule is CC(=O)O[C@H]1C[C@H](n2cc(C)c(=O)[nH]c2=S)O[C@@H]1CO. The van der Waals surface area contributed by atoms with Crippen LogP contribution in [0.4, 0.5) is 0 Å². The van der Waals surface area contributed by atoms with Crippen molar-refractivity contribution in [3.63, 3.8) is 0 Å². The molecule has 0 spiro atoms. The van der Waals surface area contributed by atoms with Crippen LogP contribution in [0.1, 0.15) is 25.1 Å². The number of nitrogens with zero attached hydrogens (tertiary/aromatic N) is 1. The first-order valence-corrected chi connectivity index (χ1v) is 6.58. The molecule has 0 aliphatic carbocycles. The molecule has 2 heterocycles. The summed E-state index contributed by atoms with van der Waals surface area (Å²) in [5.41, 5.74) is 0.248. The zero-order valence-electron chi connectivity index (χ0n) is 11.2. The van der Waals surface area contributed by atoms with Crippen molar-refractivity contribution in [2.24, 2.45) is 0 Å². The molecule has 1 aliphatic heterocycles. The lowest BCUT2D eigenvalue weighted by Gasteiger charge is -2.16. The minimum absolute atomic E-state index is 0.228. The van der Waals surface area contributed by atoms with E-state index < -0.39 is 24.4 Å². The number of hydrogen-bond donors (Lipinski definition) is 2. The molecule has 8 heteroatoms. The largest absolute Gasteiger partial charge is 0.460 e. The van der Waals surface area contributed by atoms with Gasteiger partial charge in [0.25, 0.3) is 5.56 Å². The summed E-state index contributed by atoms with van der Waals surface area (Å²) >= 11 is 5.09. The Bertz CT molecular complexity index is 623. The molecule has 0 radical (unpaired) electrons. The molecule has 0 aromatic carbocycles. The minimum Gasteiger partial charge on any atom is -0.460 e. The van der Waals surface area contributed by atoms with E-state index in [0.717, 1.165) is 0 Å². The predicted molar refractivity (Wildman–Crippen MR) is 71.8 cm³/mol. The molecule has 0 saturated carbocycles. The maximum absolute atomic E-state index is 11.5. The first-order chi connectivity index (χ1) is 9.42. The normalized spacial score (nSPS) is 25.6. The molecule has 1 aromatic heterocycles. The summed E-state index contributed by atoms with van der Waals surface area (Å²) in [6.45, 7) is 2.70. The topological polar surface area (TPSA) is 93.6 Å². The van der Waals surface area contributed by atoms with Gasteiger partial charge in [-0.25, -0.2) is 0 Å². The van der Waals surface area contributed by atoms with Crippen molar-refractivity contribution < 1.29 is 19.4 Å². The fourth-order valence-electron chi connectivity index (χ4n) is 2.17. The lowest BCUT2D eigenvalue weighted by Crippen LogP contribution is -2.29. The van der Waals surface area contributed by atoms with Crippen LogP contribution in [0.5, 0.6) is 0 Å². The Labute approximate surface area is 120 Å². The average Bonchev–Trinajstić information content (AvgIpc) is 2.75. The number of H-pyrrole nitrogens is 1. The van der Waals surface area contributed by atoms with Gasteiger partial charge in [-0.2, -0.15) is 0 Å². The van der Waals surface area contributed by atoms with Crippen LogP contribution in [0.2, 0.25) is 0 Å². The zero-order valence-corrected chi connectivity index (χ0v) is 12.0. The highest BCUT2D eigenvalue weighted by molar-refractivity contribution is 7.71. The fourth-order valence-corrected chi connectivity index (χ4v) is 2.44. The van der Waals surface area contributed by atoms with Crippen LogP contribution in [0.3, 0.4) is 0 Å². The Morgan fingerprint density at radius 1 is 1.70 bits per heavy atom. The first-order valence-electron chi connectivity index (χ1n) is 6.18. The number of hydrogen-bond acceptors (Lipinski definition) is 6. The molecule has 0 unspecified atom stereocenters. The molecule has 3 atom stereocenters. The summed E-state index contributed by atoms with van der Waals surface area (Å²) in [6, 6.07) is 0. The van der Waals surface area contributed by atoms with E-state index in [1.807, 2.05) is 0 Å². The maximum Gasteiger partial charge on any atom is 0.302 e. The molecular weight excluding hydrogens is 284 g/mol. The summed E-state index contributed by atoms with van der Waals surface area (Å²) < 4.78 is 12.6. The number of rotatable bonds is 3. The van der Waals surface area contributed by atoms with Crippen molar-refractivity contribution >= 4 is 18.2 Å². The molecule has 1 aromatic rings. The zero-order chi connectivity index (χ0) is 14.9. The predicted octanol–water partition coefficient (Wildman–Crippen LogP) is 0.426. The third-order valence-corrected chi connectivity index (χ3v) is 3.45. The second-order valence-corrected chi connectivity index (χ2v) is 5.06. The van der Waals surface area contributed by atoms with Crippen molar-refractivity contribution in [3.8, 4) is 0 Å². The van der Waals surface area contributed by atoms with Crippen molar-refractivity contribution in [1.29, 1.82) is 0 Å². The summed E-state index contributed by atoms with van der Waals surface area (Å²) in [7, 11) is 0. The second-order valence-electron chi connectivity index (χ2n) is 4.67. The van der Waals surface area contributed by atoms with Crippen LogP contribution in [-0.4, -0.2) is 39.4 Å². The number of aliphatic hydroxyl groups is 1.